The summed E-state index contributed by atoms with van der Waals surface area (Å²) in [6.45, 7) is 3.41. The Morgan fingerprint density at radius 3 is 2.72 bits per heavy atom. The Hall–Kier alpha value is -2.25. The summed E-state index contributed by atoms with van der Waals surface area (Å²) in [7, 11) is 0. The van der Waals surface area contributed by atoms with Crippen LogP contribution in [0.15, 0.2) is 42.6 Å². The summed E-state index contributed by atoms with van der Waals surface area (Å²) in [6, 6.07) is 10.7. The van der Waals surface area contributed by atoms with Crippen molar-refractivity contribution in [3.05, 3.63) is 64.6 Å². The zero-order valence-corrected chi connectivity index (χ0v) is 16.7. The predicted octanol–water partition coefficient (Wildman–Crippen LogP) is 4.54. The Labute approximate surface area is 173 Å². The molecule has 3 aliphatic heterocycles. The number of hydrogen-bond donors (Lipinski definition) is 2. The highest BCUT2D eigenvalue weighted by Crippen LogP contribution is 2.37. The van der Waals surface area contributed by atoms with Gasteiger partial charge in [0, 0.05) is 36.7 Å². The molecule has 5 nitrogen and oxygen atoms in total. The maximum Gasteiger partial charge on any atom is 0.165 e. The number of rotatable bonds is 4. The monoisotopic (exact) mass is 413 g/mol. The molecule has 6 rings (SSSR count). The fourth-order valence-electron chi connectivity index (χ4n) is 4.32. The maximum atomic E-state index is 14.4. The molecule has 2 N–H and O–H groups in total. The van der Waals surface area contributed by atoms with E-state index in [0.717, 1.165) is 28.3 Å². The highest BCUT2D eigenvalue weighted by Gasteiger charge is 2.41. The molecule has 0 amide bonds. The Balaban J connectivity index is 1.55. The van der Waals surface area contributed by atoms with Gasteiger partial charge < -0.3 is 15.2 Å². The maximum absolute atomic E-state index is 14.4. The average Bonchev–Trinajstić information content (AvgIpc) is 2.71. The Morgan fingerprint density at radius 1 is 1.24 bits per heavy atom. The molecule has 3 aliphatic rings. The smallest absolute Gasteiger partial charge is 0.165 e. The van der Waals surface area contributed by atoms with Crippen molar-refractivity contribution in [2.24, 2.45) is 0 Å². The number of morpholine rings is 1. The third-order valence-electron chi connectivity index (χ3n) is 5.77. The zero-order chi connectivity index (χ0) is 20.1. The molecule has 1 aromatic heterocycles. The van der Waals surface area contributed by atoms with Crippen molar-refractivity contribution < 1.29 is 14.2 Å². The number of hydrogen-bond acceptors (Lipinski definition) is 5. The minimum absolute atomic E-state index is 0.0495. The van der Waals surface area contributed by atoms with Gasteiger partial charge in [-0.15, -0.1) is 0 Å². The van der Waals surface area contributed by atoms with E-state index in [4.69, 9.17) is 16.3 Å². The molecule has 0 saturated carbocycles. The van der Waals surface area contributed by atoms with Crippen molar-refractivity contribution in [2.75, 3.05) is 18.4 Å². The number of aliphatic hydroxyl groups excluding tert-OH is 1. The van der Waals surface area contributed by atoms with Crippen LogP contribution in [0.1, 0.15) is 23.8 Å². The molecule has 3 saturated heterocycles. The lowest BCUT2D eigenvalue weighted by Gasteiger charge is -2.48. The van der Waals surface area contributed by atoms with Gasteiger partial charge in [-0.2, -0.15) is 0 Å². The lowest BCUT2D eigenvalue weighted by atomic mass is 9.96. The third-order valence-corrected chi connectivity index (χ3v) is 6.06. The van der Waals surface area contributed by atoms with Crippen LogP contribution in [-0.2, 0) is 4.74 Å². The normalized spacial score (nSPS) is 22.3. The van der Waals surface area contributed by atoms with E-state index < -0.39 is 12.0 Å². The SMILES string of the molecule is Cc1cccc2c(Nc3cccc(Cl)c3F)ncc(C(O)N3CC4CC(C3)O4)c12. The number of halogens is 2. The zero-order valence-electron chi connectivity index (χ0n) is 15.9. The second-order valence-electron chi connectivity index (χ2n) is 7.73. The fourth-order valence-corrected chi connectivity index (χ4v) is 4.50. The van der Waals surface area contributed by atoms with Crippen LogP contribution in [0.5, 0.6) is 0 Å². The van der Waals surface area contributed by atoms with Gasteiger partial charge >= 0.3 is 0 Å². The van der Waals surface area contributed by atoms with Crippen LogP contribution in [0.2, 0.25) is 5.02 Å². The topological polar surface area (TPSA) is 57.6 Å². The minimum Gasteiger partial charge on any atom is -0.374 e. The Kier molecular flexibility index (Phi) is 4.67. The van der Waals surface area contributed by atoms with Crippen molar-refractivity contribution >= 4 is 33.9 Å². The predicted molar refractivity (Wildman–Crippen MR) is 111 cm³/mol. The van der Waals surface area contributed by atoms with Gasteiger partial charge in [-0.3, -0.25) is 4.90 Å². The molecule has 4 heterocycles. The first-order valence-corrected chi connectivity index (χ1v) is 10.1. The van der Waals surface area contributed by atoms with Crippen LogP contribution in [0, 0.1) is 12.7 Å². The number of nitrogens with one attached hydrogen (secondary N) is 1. The molecule has 150 valence electrons. The van der Waals surface area contributed by atoms with Crippen LogP contribution in [0.4, 0.5) is 15.9 Å². The average molecular weight is 414 g/mol. The van der Waals surface area contributed by atoms with Crippen LogP contribution >= 0.6 is 11.6 Å². The molecule has 0 aliphatic carbocycles. The first-order valence-electron chi connectivity index (χ1n) is 9.68. The van der Waals surface area contributed by atoms with Crippen molar-refractivity contribution in [1.82, 2.24) is 9.88 Å². The summed E-state index contributed by atoms with van der Waals surface area (Å²) in [5.41, 5.74) is 2.03. The summed E-state index contributed by atoms with van der Waals surface area (Å²) in [4.78, 5) is 6.56. The molecule has 29 heavy (non-hydrogen) atoms. The molecule has 7 heteroatoms. The molecular formula is C22H21ClFN3O2. The van der Waals surface area contributed by atoms with E-state index in [1.807, 2.05) is 30.0 Å². The number of benzene rings is 2. The van der Waals surface area contributed by atoms with Crippen LogP contribution < -0.4 is 5.32 Å². The van der Waals surface area contributed by atoms with Crippen LogP contribution in [-0.4, -0.2) is 40.3 Å². The van der Waals surface area contributed by atoms with Crippen molar-refractivity contribution in [3.8, 4) is 0 Å². The minimum atomic E-state index is -0.766. The van der Waals surface area contributed by atoms with Crippen LogP contribution in [0.3, 0.4) is 0 Å². The largest absolute Gasteiger partial charge is 0.374 e. The molecule has 0 radical (unpaired) electrons. The summed E-state index contributed by atoms with van der Waals surface area (Å²) in [6.07, 6.45) is 2.38. The lowest BCUT2D eigenvalue weighted by molar-refractivity contribution is -0.207. The van der Waals surface area contributed by atoms with Gasteiger partial charge in [0.25, 0.3) is 0 Å². The van der Waals surface area contributed by atoms with Crippen molar-refractivity contribution in [1.29, 1.82) is 0 Å². The van der Waals surface area contributed by atoms with Gasteiger partial charge in [-0.25, -0.2) is 9.37 Å². The second-order valence-corrected chi connectivity index (χ2v) is 8.14. The van der Waals surface area contributed by atoms with Gasteiger partial charge in [0.05, 0.1) is 22.9 Å². The number of aliphatic hydroxyl groups is 1. The molecule has 3 unspecified atom stereocenters. The van der Waals surface area contributed by atoms with Crippen molar-refractivity contribution in [2.45, 2.75) is 31.8 Å². The number of fused-ring (bicyclic) bond motifs is 3. The molecule has 0 spiro atoms. The van der Waals surface area contributed by atoms with E-state index in [-0.39, 0.29) is 22.9 Å². The number of aromatic nitrogens is 1. The number of nitrogens with zero attached hydrogens (tertiary/aromatic N) is 2. The number of aryl methyl sites for hydroxylation is 1. The van der Waals surface area contributed by atoms with Gasteiger partial charge in [-0.1, -0.05) is 35.9 Å². The van der Waals surface area contributed by atoms with E-state index in [0.29, 0.717) is 18.9 Å². The summed E-state index contributed by atoms with van der Waals surface area (Å²) in [5, 5.41) is 15.9. The number of ether oxygens (including phenoxy) is 1. The number of piperidine rings is 1. The van der Waals surface area contributed by atoms with Crippen molar-refractivity contribution in [3.63, 3.8) is 0 Å². The third kappa shape index (κ3) is 3.26. The standard InChI is InChI=1S/C22H21ClFN3O2/c1-12-4-2-5-15-19(12)16(22(28)27-10-13-8-14(11-27)29-13)9-25-21(15)26-18-7-3-6-17(23)20(18)24/h2-7,9,13-14,22,28H,8,10-11H2,1H3,(H,25,26). The van der Waals surface area contributed by atoms with Crippen LogP contribution in [0.25, 0.3) is 10.8 Å². The van der Waals surface area contributed by atoms with Gasteiger partial charge in [0.15, 0.2) is 5.82 Å². The molecule has 2 aromatic carbocycles. The molecule has 2 bridgehead atoms. The first kappa shape index (κ1) is 18.8. The first-order chi connectivity index (χ1) is 14.0. The molecule has 3 atom stereocenters. The second kappa shape index (κ2) is 7.22. The quantitative estimate of drug-likeness (QED) is 0.657. The summed E-state index contributed by atoms with van der Waals surface area (Å²) in [5.74, 6) is -0.000866. The van der Waals surface area contributed by atoms with Gasteiger partial charge in [0.2, 0.25) is 0 Å². The number of anilines is 2. The van der Waals surface area contributed by atoms with E-state index in [9.17, 15) is 9.50 Å². The fraction of sp³-hybridized carbons (Fsp3) is 0.318. The molecule has 3 aromatic rings. The summed E-state index contributed by atoms with van der Waals surface area (Å²) < 4.78 is 20.1. The van der Waals surface area contributed by atoms with E-state index in [1.165, 1.54) is 6.07 Å². The Morgan fingerprint density at radius 2 is 1.97 bits per heavy atom. The highest BCUT2D eigenvalue weighted by atomic mass is 35.5. The summed E-state index contributed by atoms with van der Waals surface area (Å²) >= 11 is 5.91. The van der Waals surface area contributed by atoms with Gasteiger partial charge in [0.1, 0.15) is 12.0 Å². The molecular weight excluding hydrogens is 393 g/mol. The van der Waals surface area contributed by atoms with E-state index >= 15 is 0 Å². The number of pyridine rings is 1. The Bertz CT molecular complexity index is 1080. The highest BCUT2D eigenvalue weighted by molar-refractivity contribution is 6.31. The van der Waals surface area contributed by atoms with E-state index in [1.54, 1.807) is 18.3 Å². The van der Waals surface area contributed by atoms with E-state index in [2.05, 4.69) is 10.3 Å². The van der Waals surface area contributed by atoms with Gasteiger partial charge in [-0.05, 0) is 30.0 Å². The lowest BCUT2D eigenvalue weighted by Crippen LogP contribution is -2.57. The molecule has 3 fully saturated rings.